The van der Waals surface area contributed by atoms with Crippen LogP contribution in [-0.2, 0) is 21.1 Å². The van der Waals surface area contributed by atoms with Crippen LogP contribution < -0.4 is 10.2 Å². The number of nitrogens with one attached hydrogen (secondary N) is 1. The molecule has 0 aromatic heterocycles. The fraction of sp³-hybridized carbons (Fsp3) is 0.318. The number of hydrogen-bond acceptors (Lipinski definition) is 6. The van der Waals surface area contributed by atoms with E-state index < -0.39 is 5.92 Å². The molecule has 31 heavy (non-hydrogen) atoms. The maximum Gasteiger partial charge on any atom is 0.282 e. The largest absolute Gasteiger partial charge is 0.398 e. The van der Waals surface area contributed by atoms with Crippen LogP contribution >= 0.6 is 0 Å². The fourth-order valence-corrected chi connectivity index (χ4v) is 3.17. The zero-order chi connectivity index (χ0) is 22.4. The molecular formula is C22H24F2N4O3. The molecule has 1 aliphatic heterocycles. The normalized spacial score (nSPS) is 15.8. The van der Waals surface area contributed by atoms with Gasteiger partial charge in [0.25, 0.3) is 11.8 Å². The smallest absolute Gasteiger partial charge is 0.282 e. The number of carbonyl (C=O) groups excluding carboxylic acids is 1. The molecule has 0 bridgehead atoms. The lowest BCUT2D eigenvalue weighted by atomic mass is 10.0. The molecule has 1 N–H and O–H groups in total. The number of carbonyl (C=O) groups is 1. The van der Waals surface area contributed by atoms with Crippen LogP contribution in [-0.4, -0.2) is 50.5 Å². The molecule has 2 aromatic carbocycles. The number of likely N-dealkylation sites (N-methyl/N-ethyl adjacent to an activating group) is 1. The molecule has 0 radical (unpaired) electrons. The molecule has 1 fully saturated rings. The molecule has 2 aromatic rings. The number of oxime groups is 2. The molecule has 7 nitrogen and oxygen atoms in total. The average molecular weight is 430 g/mol. The second-order valence-electron chi connectivity index (χ2n) is 7.07. The predicted molar refractivity (Wildman–Crippen MR) is 115 cm³/mol. The van der Waals surface area contributed by atoms with Gasteiger partial charge in [0.1, 0.15) is 13.7 Å². The molecule has 0 atom stereocenters. The topological polar surface area (TPSA) is 75.5 Å². The van der Waals surface area contributed by atoms with Crippen LogP contribution in [0.5, 0.6) is 0 Å². The summed E-state index contributed by atoms with van der Waals surface area (Å²) in [5, 5.41) is 10.5. The van der Waals surface area contributed by atoms with E-state index in [4.69, 9.17) is 9.68 Å². The number of halogens is 2. The molecule has 3 rings (SSSR count). The lowest BCUT2D eigenvalue weighted by Gasteiger charge is -2.40. The van der Waals surface area contributed by atoms with Gasteiger partial charge in [-0.2, -0.15) is 0 Å². The van der Waals surface area contributed by atoms with Gasteiger partial charge in [-0.3, -0.25) is 4.79 Å². The predicted octanol–water partition coefficient (Wildman–Crippen LogP) is 3.18. The van der Waals surface area contributed by atoms with Crippen molar-refractivity contribution in [1.29, 1.82) is 0 Å². The second-order valence-corrected chi connectivity index (χ2v) is 7.07. The van der Waals surface area contributed by atoms with Crippen molar-refractivity contribution in [3.8, 4) is 0 Å². The maximum absolute atomic E-state index is 13.1. The molecule has 164 valence electrons. The van der Waals surface area contributed by atoms with Gasteiger partial charge in [-0.1, -0.05) is 46.7 Å². The van der Waals surface area contributed by atoms with E-state index in [1.165, 1.54) is 14.2 Å². The summed E-state index contributed by atoms with van der Waals surface area (Å²) in [6, 6.07) is 14.4. The first-order chi connectivity index (χ1) is 14.8. The highest BCUT2D eigenvalue weighted by Gasteiger charge is 2.43. The second kappa shape index (κ2) is 9.55. The minimum Gasteiger partial charge on any atom is -0.398 e. The zero-order valence-electron chi connectivity index (χ0n) is 17.6. The highest BCUT2D eigenvalue weighted by molar-refractivity contribution is 6.45. The maximum atomic E-state index is 13.1. The summed E-state index contributed by atoms with van der Waals surface area (Å²) < 4.78 is 26.3. The van der Waals surface area contributed by atoms with Gasteiger partial charge in [-0.15, -0.1) is 0 Å². The molecule has 1 amide bonds. The Morgan fingerprint density at radius 2 is 1.90 bits per heavy atom. The number of hydrogen-bond donors (Lipinski definition) is 1. The van der Waals surface area contributed by atoms with Crippen LogP contribution in [0.3, 0.4) is 0 Å². The molecule has 0 saturated carbocycles. The number of rotatable bonds is 8. The van der Waals surface area contributed by atoms with Gasteiger partial charge in [-0.25, -0.2) is 8.78 Å². The minimum atomic E-state index is -2.63. The minimum absolute atomic E-state index is 0.102. The number of nitrogens with zero attached hydrogens (tertiary/aromatic N) is 3. The van der Waals surface area contributed by atoms with Crippen molar-refractivity contribution in [3.63, 3.8) is 0 Å². The van der Waals surface area contributed by atoms with Gasteiger partial charge in [-0.05, 0) is 19.1 Å². The van der Waals surface area contributed by atoms with Gasteiger partial charge >= 0.3 is 0 Å². The third kappa shape index (κ3) is 5.36. The Balaban J connectivity index is 1.71. The van der Waals surface area contributed by atoms with E-state index >= 15 is 0 Å². The van der Waals surface area contributed by atoms with Crippen molar-refractivity contribution in [2.75, 3.05) is 32.1 Å². The third-order valence-electron chi connectivity index (χ3n) is 4.79. The molecular weight excluding hydrogens is 406 g/mol. The highest BCUT2D eigenvalue weighted by Crippen LogP contribution is 2.32. The van der Waals surface area contributed by atoms with Crippen molar-refractivity contribution in [1.82, 2.24) is 5.32 Å². The van der Waals surface area contributed by atoms with E-state index in [-0.39, 0.29) is 31.3 Å². The molecule has 0 aliphatic carbocycles. The molecule has 9 heteroatoms. The SMILES string of the molecule is CNC(=O)/C(=N/OC)c1ccccc1CO/N=C(\C)c1cccc(N2CC(F)(F)C2)c1. The zero-order valence-corrected chi connectivity index (χ0v) is 17.6. The molecule has 0 unspecified atom stereocenters. The van der Waals surface area contributed by atoms with Crippen LogP contribution in [0.2, 0.25) is 0 Å². The number of benzene rings is 2. The summed E-state index contributed by atoms with van der Waals surface area (Å²) in [6.07, 6.45) is 0. The number of anilines is 1. The average Bonchev–Trinajstić information content (AvgIpc) is 2.75. The summed E-state index contributed by atoms with van der Waals surface area (Å²) in [4.78, 5) is 24.1. The summed E-state index contributed by atoms with van der Waals surface area (Å²) >= 11 is 0. The van der Waals surface area contributed by atoms with Crippen LogP contribution in [0.4, 0.5) is 14.5 Å². The van der Waals surface area contributed by atoms with E-state index in [1.54, 1.807) is 48.2 Å². The van der Waals surface area contributed by atoms with E-state index in [0.29, 0.717) is 22.5 Å². The first kappa shape index (κ1) is 22.2. The van der Waals surface area contributed by atoms with Crippen LogP contribution in [0.1, 0.15) is 23.6 Å². The summed E-state index contributed by atoms with van der Waals surface area (Å²) in [5.41, 5.74) is 3.49. The van der Waals surface area contributed by atoms with Crippen molar-refractivity contribution in [2.45, 2.75) is 19.5 Å². The van der Waals surface area contributed by atoms with Crippen LogP contribution in [0.15, 0.2) is 58.8 Å². The van der Waals surface area contributed by atoms with Gasteiger partial charge in [0, 0.05) is 29.4 Å². The Kier molecular flexibility index (Phi) is 6.84. The number of amides is 1. The lowest BCUT2D eigenvalue weighted by molar-refractivity contribution is -0.114. The Labute approximate surface area is 179 Å². The van der Waals surface area contributed by atoms with Crippen molar-refractivity contribution in [2.24, 2.45) is 10.3 Å². The molecule has 1 saturated heterocycles. The first-order valence-electron chi connectivity index (χ1n) is 9.66. The Morgan fingerprint density at radius 3 is 2.58 bits per heavy atom. The van der Waals surface area contributed by atoms with E-state index in [2.05, 4.69) is 15.6 Å². The first-order valence-corrected chi connectivity index (χ1v) is 9.66. The summed E-state index contributed by atoms with van der Waals surface area (Å²) in [5.74, 6) is -3.02. The van der Waals surface area contributed by atoms with Crippen molar-refractivity contribution >= 4 is 23.0 Å². The molecule has 1 heterocycles. The Hall–Kier alpha value is -3.49. The van der Waals surface area contributed by atoms with Gasteiger partial charge in [0.05, 0.1) is 18.8 Å². The fourth-order valence-electron chi connectivity index (χ4n) is 3.17. The monoisotopic (exact) mass is 430 g/mol. The highest BCUT2D eigenvalue weighted by atomic mass is 19.3. The quantitative estimate of drug-likeness (QED) is 0.516. The Bertz CT molecular complexity index is 1000. The van der Waals surface area contributed by atoms with Gasteiger partial charge in [0.15, 0.2) is 5.71 Å². The van der Waals surface area contributed by atoms with Gasteiger partial charge in [0.2, 0.25) is 0 Å². The third-order valence-corrected chi connectivity index (χ3v) is 4.79. The lowest BCUT2D eigenvalue weighted by Crippen LogP contribution is -2.56. The van der Waals surface area contributed by atoms with E-state index in [0.717, 1.165) is 5.56 Å². The van der Waals surface area contributed by atoms with E-state index in [1.807, 2.05) is 12.1 Å². The van der Waals surface area contributed by atoms with Crippen LogP contribution in [0, 0.1) is 0 Å². The standard InChI is InChI=1S/C22H24F2N4O3/c1-15(16-8-6-9-18(11-16)28-13-22(23,24)14-28)26-31-12-17-7-4-5-10-19(17)20(27-30-3)21(29)25-2/h4-11H,12-14H2,1-3H3,(H,25,29)/b26-15+,27-20+. The molecule has 1 aliphatic rings. The Morgan fingerprint density at radius 1 is 1.16 bits per heavy atom. The van der Waals surface area contributed by atoms with Crippen molar-refractivity contribution < 1.29 is 23.3 Å². The summed E-state index contributed by atoms with van der Waals surface area (Å²) in [6.45, 7) is 1.32. The van der Waals surface area contributed by atoms with E-state index in [9.17, 15) is 13.6 Å². The van der Waals surface area contributed by atoms with Crippen molar-refractivity contribution in [3.05, 3.63) is 65.2 Å². The van der Waals surface area contributed by atoms with Gasteiger partial charge < -0.3 is 19.9 Å². The number of alkyl halides is 2. The molecule has 0 spiro atoms. The summed E-state index contributed by atoms with van der Waals surface area (Å²) in [7, 11) is 2.88. The van der Waals surface area contributed by atoms with Crippen LogP contribution in [0.25, 0.3) is 0 Å².